The Morgan fingerprint density at radius 3 is 2.58 bits per heavy atom. The van der Waals surface area contributed by atoms with E-state index in [0.29, 0.717) is 11.8 Å². The number of hydrogen-bond acceptors (Lipinski definition) is 2. The number of piperidine rings is 1. The van der Waals surface area contributed by atoms with E-state index in [1.54, 1.807) is 0 Å². The molecule has 1 aromatic heterocycles. The molecular formula is C22H29N3O. The van der Waals surface area contributed by atoms with Crippen molar-refractivity contribution < 1.29 is 4.79 Å². The lowest BCUT2D eigenvalue weighted by molar-refractivity contribution is -0.140. The minimum Gasteiger partial charge on any atom is -0.341 e. The first-order valence-electron chi connectivity index (χ1n) is 10.0. The molecule has 1 aliphatic carbocycles. The topological polar surface area (TPSA) is 38.1 Å². The Morgan fingerprint density at radius 2 is 1.88 bits per heavy atom. The van der Waals surface area contributed by atoms with Crippen molar-refractivity contribution in [3.63, 3.8) is 0 Å². The molecule has 0 bridgehead atoms. The largest absolute Gasteiger partial charge is 0.341 e. The van der Waals surface area contributed by atoms with E-state index in [9.17, 15) is 4.79 Å². The zero-order valence-electron chi connectivity index (χ0n) is 15.7. The van der Waals surface area contributed by atoms with Crippen LogP contribution in [0.2, 0.25) is 0 Å². The maximum Gasteiger partial charge on any atom is 0.233 e. The molecule has 1 atom stereocenters. The summed E-state index contributed by atoms with van der Waals surface area (Å²) in [5.74, 6) is 1.81. The molecule has 0 radical (unpaired) electrons. The van der Waals surface area contributed by atoms with Gasteiger partial charge in [-0.25, -0.2) is 4.98 Å². The van der Waals surface area contributed by atoms with Gasteiger partial charge in [-0.3, -0.25) is 4.79 Å². The molecule has 1 saturated carbocycles. The standard InChI is InChI=1S/C22H29N3O/c1-24-16-14-23-20(24)18-9-8-15-25(17-18)21(26)22(12-6-3-7-13-22)19-10-4-2-5-11-19/h2,4-5,10-11,14,16,18H,3,6-9,12-13,15,17H2,1H3/t18-/m0/s1. The van der Waals surface area contributed by atoms with E-state index in [-0.39, 0.29) is 5.41 Å². The van der Waals surface area contributed by atoms with Crippen molar-refractivity contribution in [1.82, 2.24) is 14.5 Å². The predicted octanol–water partition coefficient (Wildman–Crippen LogP) is 4.03. The van der Waals surface area contributed by atoms with Crippen LogP contribution >= 0.6 is 0 Å². The maximum absolute atomic E-state index is 13.8. The quantitative estimate of drug-likeness (QED) is 0.837. The summed E-state index contributed by atoms with van der Waals surface area (Å²) in [6.07, 6.45) is 11.6. The van der Waals surface area contributed by atoms with Crippen LogP contribution in [-0.4, -0.2) is 33.4 Å². The van der Waals surface area contributed by atoms with Crippen LogP contribution in [0.4, 0.5) is 0 Å². The molecule has 2 aromatic rings. The van der Waals surface area contributed by atoms with Crippen LogP contribution in [0, 0.1) is 0 Å². The Balaban J connectivity index is 1.60. The van der Waals surface area contributed by atoms with E-state index in [1.807, 2.05) is 18.5 Å². The first-order valence-corrected chi connectivity index (χ1v) is 10.0. The van der Waals surface area contributed by atoms with E-state index in [0.717, 1.165) is 57.4 Å². The number of carbonyl (C=O) groups excluding carboxylic acids is 1. The number of amides is 1. The highest BCUT2D eigenvalue weighted by Gasteiger charge is 2.44. The van der Waals surface area contributed by atoms with Crippen molar-refractivity contribution in [2.24, 2.45) is 7.05 Å². The molecule has 0 N–H and O–H groups in total. The molecule has 4 rings (SSSR count). The summed E-state index contributed by atoms with van der Waals surface area (Å²) < 4.78 is 2.10. The van der Waals surface area contributed by atoms with Gasteiger partial charge in [0.2, 0.25) is 5.91 Å². The molecular weight excluding hydrogens is 322 g/mol. The fraction of sp³-hybridized carbons (Fsp3) is 0.545. The molecule has 26 heavy (non-hydrogen) atoms. The highest BCUT2D eigenvalue weighted by molar-refractivity contribution is 5.88. The fourth-order valence-corrected chi connectivity index (χ4v) is 4.98. The van der Waals surface area contributed by atoms with Crippen molar-refractivity contribution in [1.29, 1.82) is 0 Å². The van der Waals surface area contributed by atoms with E-state index >= 15 is 0 Å². The Labute approximate surface area is 156 Å². The van der Waals surface area contributed by atoms with Crippen molar-refractivity contribution in [2.45, 2.75) is 56.3 Å². The number of aryl methyl sites for hydroxylation is 1. The van der Waals surface area contributed by atoms with Gasteiger partial charge in [-0.15, -0.1) is 0 Å². The third-order valence-corrected chi connectivity index (χ3v) is 6.38. The number of imidazole rings is 1. The van der Waals surface area contributed by atoms with Gasteiger partial charge in [0.05, 0.1) is 5.41 Å². The third kappa shape index (κ3) is 3.06. The summed E-state index contributed by atoms with van der Waals surface area (Å²) in [6, 6.07) is 10.5. The summed E-state index contributed by atoms with van der Waals surface area (Å²) in [6.45, 7) is 1.69. The average Bonchev–Trinajstić information content (AvgIpc) is 3.14. The zero-order valence-corrected chi connectivity index (χ0v) is 15.7. The van der Waals surface area contributed by atoms with Gasteiger partial charge in [0.1, 0.15) is 5.82 Å². The lowest BCUT2D eigenvalue weighted by Crippen LogP contribution is -2.51. The van der Waals surface area contributed by atoms with Gasteiger partial charge in [0, 0.05) is 38.4 Å². The normalized spacial score (nSPS) is 23.0. The van der Waals surface area contributed by atoms with Crippen LogP contribution in [0.25, 0.3) is 0 Å². The predicted molar refractivity (Wildman–Crippen MR) is 103 cm³/mol. The van der Waals surface area contributed by atoms with Crippen molar-refractivity contribution in [2.75, 3.05) is 13.1 Å². The highest BCUT2D eigenvalue weighted by atomic mass is 16.2. The van der Waals surface area contributed by atoms with E-state index in [4.69, 9.17) is 0 Å². The fourth-order valence-electron chi connectivity index (χ4n) is 4.98. The Bertz CT molecular complexity index is 746. The van der Waals surface area contributed by atoms with Crippen LogP contribution in [0.3, 0.4) is 0 Å². The van der Waals surface area contributed by atoms with E-state index in [1.165, 1.54) is 12.0 Å². The smallest absolute Gasteiger partial charge is 0.233 e. The molecule has 0 unspecified atom stereocenters. The molecule has 2 aliphatic rings. The lowest BCUT2D eigenvalue weighted by Gasteiger charge is -2.43. The summed E-state index contributed by atoms with van der Waals surface area (Å²) in [7, 11) is 2.05. The minimum atomic E-state index is -0.316. The lowest BCUT2D eigenvalue weighted by atomic mass is 9.68. The van der Waals surface area contributed by atoms with Gasteiger partial charge in [-0.05, 0) is 31.2 Å². The Morgan fingerprint density at radius 1 is 1.12 bits per heavy atom. The zero-order chi connectivity index (χ0) is 18.0. The van der Waals surface area contributed by atoms with Gasteiger partial charge in [-0.2, -0.15) is 0 Å². The number of carbonyl (C=O) groups is 1. The van der Waals surface area contributed by atoms with Gasteiger partial charge in [0.25, 0.3) is 0 Å². The van der Waals surface area contributed by atoms with Crippen LogP contribution in [-0.2, 0) is 17.3 Å². The van der Waals surface area contributed by atoms with Gasteiger partial charge in [-0.1, -0.05) is 49.6 Å². The van der Waals surface area contributed by atoms with E-state index < -0.39 is 0 Å². The van der Waals surface area contributed by atoms with Gasteiger partial charge >= 0.3 is 0 Å². The van der Waals surface area contributed by atoms with Crippen LogP contribution < -0.4 is 0 Å². The molecule has 1 aromatic carbocycles. The molecule has 4 heteroatoms. The first-order chi connectivity index (χ1) is 12.7. The van der Waals surface area contributed by atoms with Crippen molar-refractivity contribution in [3.8, 4) is 0 Å². The summed E-state index contributed by atoms with van der Waals surface area (Å²) >= 11 is 0. The average molecular weight is 351 g/mol. The number of rotatable bonds is 3. The van der Waals surface area contributed by atoms with Gasteiger partial charge in [0.15, 0.2) is 0 Å². The number of nitrogens with zero attached hydrogens (tertiary/aromatic N) is 3. The number of benzene rings is 1. The molecule has 0 spiro atoms. The van der Waals surface area contributed by atoms with Crippen molar-refractivity contribution in [3.05, 3.63) is 54.1 Å². The molecule has 1 aliphatic heterocycles. The maximum atomic E-state index is 13.8. The first kappa shape index (κ1) is 17.3. The second-order valence-electron chi connectivity index (χ2n) is 8.00. The number of hydrogen-bond donors (Lipinski definition) is 0. The Hall–Kier alpha value is -2.10. The molecule has 138 valence electrons. The van der Waals surface area contributed by atoms with Crippen LogP contribution in [0.1, 0.15) is 62.3 Å². The molecule has 1 saturated heterocycles. The highest BCUT2D eigenvalue weighted by Crippen LogP contribution is 2.42. The van der Waals surface area contributed by atoms with Crippen molar-refractivity contribution >= 4 is 5.91 Å². The number of aromatic nitrogens is 2. The molecule has 2 heterocycles. The minimum absolute atomic E-state index is 0.316. The van der Waals surface area contributed by atoms with Crippen LogP contribution in [0.15, 0.2) is 42.7 Å². The number of likely N-dealkylation sites (tertiary alicyclic amines) is 1. The second kappa shape index (κ2) is 7.26. The van der Waals surface area contributed by atoms with Crippen LogP contribution in [0.5, 0.6) is 0 Å². The molecule has 2 fully saturated rings. The molecule has 1 amide bonds. The summed E-state index contributed by atoms with van der Waals surface area (Å²) in [4.78, 5) is 20.5. The monoisotopic (exact) mass is 351 g/mol. The summed E-state index contributed by atoms with van der Waals surface area (Å²) in [5, 5.41) is 0. The Kier molecular flexibility index (Phi) is 4.84. The SMILES string of the molecule is Cn1ccnc1[C@H]1CCCN(C(=O)C2(c3ccccc3)CCCCC2)C1. The van der Waals surface area contributed by atoms with E-state index in [2.05, 4.69) is 45.8 Å². The summed E-state index contributed by atoms with van der Waals surface area (Å²) in [5.41, 5.74) is 0.895. The van der Waals surface area contributed by atoms with Gasteiger partial charge < -0.3 is 9.47 Å². The molecule has 4 nitrogen and oxygen atoms in total. The third-order valence-electron chi connectivity index (χ3n) is 6.38. The second-order valence-corrected chi connectivity index (χ2v) is 8.00.